The molecule has 1 aromatic rings. The van der Waals surface area contributed by atoms with Gasteiger partial charge in [0, 0.05) is 24.7 Å². The lowest BCUT2D eigenvalue weighted by Gasteiger charge is -2.33. The molecule has 0 saturated carbocycles. The zero-order chi connectivity index (χ0) is 16.3. The minimum Gasteiger partial charge on any atom is -0.355 e. The molecule has 0 aliphatic carbocycles. The molecule has 7 heteroatoms. The van der Waals surface area contributed by atoms with Crippen molar-refractivity contribution in [3.8, 4) is 0 Å². The Morgan fingerprint density at radius 1 is 1.29 bits per heavy atom. The number of carbonyl (C=O) groups excluding carboxylic acids is 1. The number of sulfonamides is 1. The van der Waals surface area contributed by atoms with Crippen molar-refractivity contribution in [2.75, 3.05) is 13.6 Å². The number of rotatable bonds is 6. The molecule has 0 radical (unpaired) electrons. The summed E-state index contributed by atoms with van der Waals surface area (Å²) in [7, 11) is -2.17. The van der Waals surface area contributed by atoms with Gasteiger partial charge in [-0.1, -0.05) is 13.8 Å². The summed E-state index contributed by atoms with van der Waals surface area (Å²) in [6, 6.07) is 5.76. The first-order valence-corrected chi connectivity index (χ1v) is 8.21. The molecule has 1 rings (SSSR count). The lowest BCUT2D eigenvalue weighted by molar-refractivity contribution is 0.0963. The van der Waals surface area contributed by atoms with Crippen molar-refractivity contribution >= 4 is 15.9 Å². The quantitative estimate of drug-likeness (QED) is 0.719. The number of nitrogens with one attached hydrogen (secondary N) is 2. The van der Waals surface area contributed by atoms with Gasteiger partial charge < -0.3 is 11.1 Å². The van der Waals surface area contributed by atoms with Gasteiger partial charge in [0.15, 0.2) is 0 Å². The number of amides is 1. The van der Waals surface area contributed by atoms with E-state index in [2.05, 4.69) is 10.0 Å². The van der Waals surface area contributed by atoms with Gasteiger partial charge in [-0.2, -0.15) is 0 Å². The van der Waals surface area contributed by atoms with Crippen LogP contribution in [0.2, 0.25) is 0 Å². The zero-order valence-corrected chi connectivity index (χ0v) is 13.6. The highest BCUT2D eigenvalue weighted by Gasteiger charge is 2.32. The largest absolute Gasteiger partial charge is 0.355 e. The van der Waals surface area contributed by atoms with Gasteiger partial charge in [-0.15, -0.1) is 0 Å². The minimum absolute atomic E-state index is 0.0439. The highest BCUT2D eigenvalue weighted by atomic mass is 32.2. The van der Waals surface area contributed by atoms with Gasteiger partial charge in [0.2, 0.25) is 10.0 Å². The Kier molecular flexibility index (Phi) is 5.49. The van der Waals surface area contributed by atoms with Gasteiger partial charge >= 0.3 is 0 Å². The molecular formula is C14H23N3O3S. The smallest absolute Gasteiger partial charge is 0.251 e. The van der Waals surface area contributed by atoms with Gasteiger partial charge in [-0.3, -0.25) is 4.79 Å². The molecule has 0 heterocycles. The Morgan fingerprint density at radius 2 is 1.81 bits per heavy atom. The zero-order valence-electron chi connectivity index (χ0n) is 12.8. The van der Waals surface area contributed by atoms with Gasteiger partial charge in [-0.25, -0.2) is 13.1 Å². The van der Waals surface area contributed by atoms with Gasteiger partial charge in [0.05, 0.1) is 4.90 Å². The van der Waals surface area contributed by atoms with Crippen LogP contribution in [0, 0.1) is 5.92 Å². The Hall–Kier alpha value is -1.44. The van der Waals surface area contributed by atoms with Gasteiger partial charge in [0.25, 0.3) is 5.91 Å². The fourth-order valence-corrected chi connectivity index (χ4v) is 3.24. The standard InChI is InChI=1S/C14H23N3O3S/c1-10(2)14(3,9-15)17-21(19,20)12-7-5-11(6-8-12)13(18)16-4/h5-8,10,17H,9,15H2,1-4H3,(H,16,18). The normalized spacial score (nSPS) is 14.8. The first kappa shape index (κ1) is 17.6. The van der Waals surface area contributed by atoms with E-state index in [1.807, 2.05) is 13.8 Å². The van der Waals surface area contributed by atoms with Crippen LogP contribution in [0.3, 0.4) is 0 Å². The molecule has 0 aliphatic heterocycles. The summed E-state index contributed by atoms with van der Waals surface area (Å²) >= 11 is 0. The van der Waals surface area contributed by atoms with E-state index >= 15 is 0 Å². The van der Waals surface area contributed by atoms with Crippen LogP contribution in [-0.2, 0) is 10.0 Å². The Bertz CT molecular complexity index is 596. The third kappa shape index (κ3) is 4.03. The highest BCUT2D eigenvalue weighted by Crippen LogP contribution is 2.19. The predicted molar refractivity (Wildman–Crippen MR) is 82.5 cm³/mol. The third-order valence-corrected chi connectivity index (χ3v) is 5.35. The summed E-state index contributed by atoms with van der Waals surface area (Å²) in [5, 5.41) is 2.48. The van der Waals surface area contributed by atoms with Crippen LogP contribution < -0.4 is 15.8 Å². The molecule has 1 unspecified atom stereocenters. The molecule has 6 nitrogen and oxygen atoms in total. The molecular weight excluding hydrogens is 290 g/mol. The molecule has 0 spiro atoms. The van der Waals surface area contributed by atoms with Crippen molar-refractivity contribution in [3.63, 3.8) is 0 Å². The van der Waals surface area contributed by atoms with E-state index in [1.165, 1.54) is 31.3 Å². The summed E-state index contributed by atoms with van der Waals surface area (Å²) < 4.78 is 27.4. The lowest BCUT2D eigenvalue weighted by Crippen LogP contribution is -2.54. The fourth-order valence-electron chi connectivity index (χ4n) is 1.69. The van der Waals surface area contributed by atoms with Crippen LogP contribution in [0.5, 0.6) is 0 Å². The minimum atomic E-state index is -3.69. The van der Waals surface area contributed by atoms with Crippen LogP contribution in [0.25, 0.3) is 0 Å². The maximum atomic E-state index is 12.4. The second-order valence-corrected chi connectivity index (χ2v) is 7.17. The highest BCUT2D eigenvalue weighted by molar-refractivity contribution is 7.89. The van der Waals surface area contributed by atoms with Crippen molar-refractivity contribution in [2.45, 2.75) is 31.2 Å². The molecule has 0 bridgehead atoms. The van der Waals surface area contributed by atoms with Gasteiger partial charge in [0.1, 0.15) is 0 Å². The predicted octanol–water partition coefficient (Wildman–Crippen LogP) is 0.698. The van der Waals surface area contributed by atoms with Crippen molar-refractivity contribution in [2.24, 2.45) is 11.7 Å². The van der Waals surface area contributed by atoms with Crippen molar-refractivity contribution in [3.05, 3.63) is 29.8 Å². The van der Waals surface area contributed by atoms with E-state index in [-0.39, 0.29) is 23.3 Å². The maximum absolute atomic E-state index is 12.4. The monoisotopic (exact) mass is 313 g/mol. The molecule has 21 heavy (non-hydrogen) atoms. The van der Waals surface area contributed by atoms with E-state index in [1.54, 1.807) is 6.92 Å². The molecule has 118 valence electrons. The second-order valence-electron chi connectivity index (χ2n) is 5.49. The maximum Gasteiger partial charge on any atom is 0.251 e. The topological polar surface area (TPSA) is 101 Å². The SMILES string of the molecule is CNC(=O)c1ccc(S(=O)(=O)NC(C)(CN)C(C)C)cc1. The van der Waals surface area contributed by atoms with Crippen molar-refractivity contribution < 1.29 is 13.2 Å². The van der Waals surface area contributed by atoms with Crippen LogP contribution in [-0.4, -0.2) is 33.5 Å². The van der Waals surface area contributed by atoms with Crippen LogP contribution in [0.15, 0.2) is 29.2 Å². The fraction of sp³-hybridized carbons (Fsp3) is 0.500. The summed E-state index contributed by atoms with van der Waals surface area (Å²) in [5.41, 5.74) is 5.38. The molecule has 0 aliphatic rings. The number of nitrogens with two attached hydrogens (primary N) is 1. The molecule has 1 amide bonds. The summed E-state index contributed by atoms with van der Waals surface area (Å²) in [6.07, 6.45) is 0. The van der Waals surface area contributed by atoms with Crippen LogP contribution in [0.4, 0.5) is 0 Å². The summed E-state index contributed by atoms with van der Waals surface area (Å²) in [5.74, 6) is -0.219. The Balaban J connectivity index is 3.06. The Labute approximate surface area is 126 Å². The van der Waals surface area contributed by atoms with E-state index in [4.69, 9.17) is 5.73 Å². The number of benzene rings is 1. The van der Waals surface area contributed by atoms with Crippen LogP contribution >= 0.6 is 0 Å². The Morgan fingerprint density at radius 3 is 2.19 bits per heavy atom. The second kappa shape index (κ2) is 6.55. The van der Waals surface area contributed by atoms with Crippen molar-refractivity contribution in [1.82, 2.24) is 10.0 Å². The third-order valence-electron chi connectivity index (χ3n) is 3.72. The van der Waals surface area contributed by atoms with Crippen molar-refractivity contribution in [1.29, 1.82) is 0 Å². The average molecular weight is 313 g/mol. The molecule has 1 aromatic carbocycles. The summed E-state index contributed by atoms with van der Waals surface area (Å²) in [6.45, 7) is 5.78. The molecule has 0 aromatic heterocycles. The first-order chi connectivity index (χ1) is 9.66. The van der Waals surface area contributed by atoms with E-state index in [0.29, 0.717) is 5.56 Å². The molecule has 4 N–H and O–H groups in total. The lowest BCUT2D eigenvalue weighted by atomic mass is 9.90. The summed E-state index contributed by atoms with van der Waals surface area (Å²) in [4.78, 5) is 11.6. The number of hydrogen-bond acceptors (Lipinski definition) is 4. The first-order valence-electron chi connectivity index (χ1n) is 6.72. The van der Waals surface area contributed by atoms with E-state index in [9.17, 15) is 13.2 Å². The number of hydrogen-bond donors (Lipinski definition) is 3. The van der Waals surface area contributed by atoms with E-state index in [0.717, 1.165) is 0 Å². The number of carbonyl (C=O) groups is 1. The molecule has 0 fully saturated rings. The molecule has 0 saturated heterocycles. The average Bonchev–Trinajstić information content (AvgIpc) is 2.45. The van der Waals surface area contributed by atoms with Crippen LogP contribution in [0.1, 0.15) is 31.1 Å². The van der Waals surface area contributed by atoms with E-state index < -0.39 is 15.6 Å². The van der Waals surface area contributed by atoms with Gasteiger partial charge in [-0.05, 0) is 37.1 Å². The molecule has 1 atom stereocenters.